The Hall–Kier alpha value is -1.44. The number of aromatic nitrogens is 1. The maximum absolute atomic E-state index is 12.3. The number of rotatable bonds is 11. The number of carboxylic acids is 1. The Bertz CT molecular complexity index is 739. The van der Waals surface area contributed by atoms with Gasteiger partial charge in [0.2, 0.25) is 0 Å². The molecule has 0 bridgehead atoms. The molecule has 7 heteroatoms. The highest BCUT2D eigenvalue weighted by Gasteiger charge is 2.32. The van der Waals surface area contributed by atoms with Crippen LogP contribution in [0.25, 0.3) is 0 Å². The number of nitrogens with zero attached hydrogens (tertiary/aromatic N) is 1. The molecule has 0 amide bonds. The number of Topliss-reactive ketones (excluding diaryl/α,β-unsaturated/α-hetero) is 1. The Morgan fingerprint density at radius 2 is 2.29 bits per heavy atom. The van der Waals surface area contributed by atoms with Crippen LogP contribution < -0.4 is 0 Å². The first-order valence-corrected chi connectivity index (χ1v) is 11.4. The number of thioether (sulfide) groups is 1. The molecule has 3 atom stereocenters. The molecule has 0 saturated heterocycles. The Balaban J connectivity index is 1.82. The molecule has 1 saturated carbocycles. The van der Waals surface area contributed by atoms with E-state index in [-0.39, 0.29) is 17.5 Å². The van der Waals surface area contributed by atoms with Crippen LogP contribution in [0.3, 0.4) is 0 Å². The van der Waals surface area contributed by atoms with Crippen molar-refractivity contribution < 1.29 is 19.8 Å². The lowest BCUT2D eigenvalue weighted by molar-refractivity contribution is -0.121. The van der Waals surface area contributed by atoms with Crippen LogP contribution in [0.1, 0.15) is 62.9 Å². The zero-order valence-electron chi connectivity index (χ0n) is 16.5. The summed E-state index contributed by atoms with van der Waals surface area (Å²) in [5.74, 6) is 0.246. The van der Waals surface area contributed by atoms with Crippen LogP contribution in [-0.2, 0) is 4.79 Å². The van der Waals surface area contributed by atoms with Crippen molar-refractivity contribution in [3.05, 3.63) is 35.4 Å². The topological polar surface area (TPSA) is 87.5 Å². The predicted molar refractivity (Wildman–Crippen MR) is 114 cm³/mol. The highest BCUT2D eigenvalue weighted by Crippen LogP contribution is 2.35. The first-order valence-electron chi connectivity index (χ1n) is 9.56. The highest BCUT2D eigenvalue weighted by atomic mass is 32.2. The van der Waals surface area contributed by atoms with E-state index >= 15 is 0 Å². The second kappa shape index (κ2) is 10.4. The molecule has 1 aromatic rings. The number of carboxylic acid groups (broad SMARTS) is 1. The number of thiazole rings is 1. The van der Waals surface area contributed by atoms with Gasteiger partial charge >= 0.3 is 5.97 Å². The summed E-state index contributed by atoms with van der Waals surface area (Å²) in [5, 5.41) is 20.9. The van der Waals surface area contributed by atoms with Crippen LogP contribution >= 0.6 is 23.1 Å². The molecule has 2 N–H and O–H groups in total. The SMILES string of the molecule is C=C(C)CC[C@](C)(O)C/C=C/[C@@H]1CCC(=O)[C@@H]1CCSc1nc(C(=O)O)cs1. The van der Waals surface area contributed by atoms with E-state index in [1.54, 1.807) is 0 Å². The lowest BCUT2D eigenvalue weighted by atomic mass is 9.90. The minimum Gasteiger partial charge on any atom is -0.476 e. The number of carbonyl (C=O) groups excluding carboxylic acids is 1. The van der Waals surface area contributed by atoms with Gasteiger partial charge < -0.3 is 10.2 Å². The molecular weight excluding hydrogens is 394 g/mol. The standard InChI is InChI=1S/C21H29NO4S2/c1-14(2)8-11-21(3,26)10-4-5-15-6-7-18(23)16(15)9-12-27-20-22-17(13-28-20)19(24)25/h4-5,13,15-16,26H,1,6-12H2,2-3H3,(H,24,25)/b5-4+/t15-,16-,21-/m1/s1. The molecule has 0 radical (unpaired) electrons. The van der Waals surface area contributed by atoms with Gasteiger partial charge in [0.1, 0.15) is 5.78 Å². The van der Waals surface area contributed by atoms with E-state index < -0.39 is 11.6 Å². The van der Waals surface area contributed by atoms with E-state index in [9.17, 15) is 14.7 Å². The number of carbonyl (C=O) groups is 2. The van der Waals surface area contributed by atoms with Crippen molar-refractivity contribution in [2.75, 3.05) is 5.75 Å². The maximum Gasteiger partial charge on any atom is 0.355 e. The zero-order valence-corrected chi connectivity index (χ0v) is 18.2. The van der Waals surface area contributed by atoms with E-state index in [1.165, 1.54) is 28.5 Å². The molecule has 1 aromatic heterocycles. The molecule has 5 nitrogen and oxygen atoms in total. The molecule has 0 spiro atoms. The molecular formula is C21H29NO4S2. The van der Waals surface area contributed by atoms with Crippen molar-refractivity contribution in [1.82, 2.24) is 4.98 Å². The van der Waals surface area contributed by atoms with Crippen molar-refractivity contribution in [2.24, 2.45) is 11.8 Å². The number of hydrogen-bond donors (Lipinski definition) is 2. The van der Waals surface area contributed by atoms with Crippen molar-refractivity contribution in [2.45, 2.75) is 62.3 Å². The van der Waals surface area contributed by atoms with Gasteiger partial charge in [-0.15, -0.1) is 17.9 Å². The van der Waals surface area contributed by atoms with Gasteiger partial charge in [0.15, 0.2) is 10.0 Å². The molecule has 1 aliphatic rings. The average Bonchev–Trinajstić information content (AvgIpc) is 3.22. The first-order chi connectivity index (χ1) is 13.2. The molecule has 28 heavy (non-hydrogen) atoms. The van der Waals surface area contributed by atoms with E-state index in [4.69, 9.17) is 5.11 Å². The molecule has 1 aliphatic carbocycles. The van der Waals surface area contributed by atoms with E-state index in [2.05, 4.69) is 17.6 Å². The number of ketones is 1. The van der Waals surface area contributed by atoms with Gasteiger partial charge in [0, 0.05) is 23.5 Å². The van der Waals surface area contributed by atoms with Gasteiger partial charge in [-0.3, -0.25) is 4.79 Å². The summed E-state index contributed by atoms with van der Waals surface area (Å²) in [7, 11) is 0. The zero-order chi connectivity index (χ0) is 20.7. The largest absolute Gasteiger partial charge is 0.476 e. The maximum atomic E-state index is 12.3. The van der Waals surface area contributed by atoms with Crippen molar-refractivity contribution in [3.8, 4) is 0 Å². The van der Waals surface area contributed by atoms with Crippen molar-refractivity contribution >= 4 is 34.9 Å². The molecule has 2 rings (SSSR count). The summed E-state index contributed by atoms with van der Waals surface area (Å²) in [4.78, 5) is 27.2. The van der Waals surface area contributed by atoms with Gasteiger partial charge in [-0.25, -0.2) is 9.78 Å². The molecule has 1 fully saturated rings. The second-order valence-electron chi connectivity index (χ2n) is 7.80. The highest BCUT2D eigenvalue weighted by molar-refractivity contribution is 8.01. The minimum absolute atomic E-state index is 0.00280. The summed E-state index contributed by atoms with van der Waals surface area (Å²) in [6.07, 6.45) is 8.40. The van der Waals surface area contributed by atoms with Crippen molar-refractivity contribution in [3.63, 3.8) is 0 Å². The number of aliphatic hydroxyl groups is 1. The molecule has 0 unspecified atom stereocenters. The third kappa shape index (κ3) is 7.18. The summed E-state index contributed by atoms with van der Waals surface area (Å²) >= 11 is 2.83. The average molecular weight is 424 g/mol. The summed E-state index contributed by atoms with van der Waals surface area (Å²) in [5.41, 5.74) is 0.388. The van der Waals surface area contributed by atoms with E-state index in [0.29, 0.717) is 25.0 Å². The monoisotopic (exact) mass is 423 g/mol. The normalized spacial score (nSPS) is 21.9. The van der Waals surface area contributed by atoms with Gasteiger partial charge in [-0.2, -0.15) is 0 Å². The van der Waals surface area contributed by atoms with E-state index in [0.717, 1.165) is 34.9 Å². The fourth-order valence-electron chi connectivity index (χ4n) is 3.32. The van der Waals surface area contributed by atoms with Crippen molar-refractivity contribution in [1.29, 1.82) is 0 Å². The van der Waals surface area contributed by atoms with Crippen LogP contribution in [0.2, 0.25) is 0 Å². The summed E-state index contributed by atoms with van der Waals surface area (Å²) in [6.45, 7) is 7.68. The number of allylic oxidation sites excluding steroid dienone is 2. The lowest BCUT2D eigenvalue weighted by Crippen LogP contribution is -2.23. The Morgan fingerprint density at radius 1 is 1.54 bits per heavy atom. The van der Waals surface area contributed by atoms with Crippen LogP contribution in [0, 0.1) is 11.8 Å². The number of aromatic carboxylic acids is 1. The fourth-order valence-corrected chi connectivity index (χ4v) is 5.21. The summed E-state index contributed by atoms with van der Waals surface area (Å²) < 4.78 is 0.725. The third-order valence-corrected chi connectivity index (χ3v) is 7.10. The van der Waals surface area contributed by atoms with Crippen LogP contribution in [0.15, 0.2) is 34.0 Å². The second-order valence-corrected chi connectivity index (χ2v) is 10.0. The van der Waals surface area contributed by atoms with E-state index in [1.807, 2.05) is 19.9 Å². The Labute approximate surface area is 175 Å². The molecule has 154 valence electrons. The van der Waals surface area contributed by atoms with Gasteiger partial charge in [0.25, 0.3) is 0 Å². The quantitative estimate of drug-likeness (QED) is 0.386. The van der Waals surface area contributed by atoms with Crippen LogP contribution in [0.4, 0.5) is 0 Å². The Morgan fingerprint density at radius 3 is 2.93 bits per heavy atom. The van der Waals surface area contributed by atoms with Gasteiger partial charge in [0.05, 0.1) is 5.60 Å². The molecule has 0 aliphatic heterocycles. The van der Waals surface area contributed by atoms with Crippen LogP contribution in [0.5, 0.6) is 0 Å². The smallest absolute Gasteiger partial charge is 0.355 e. The minimum atomic E-state index is -1.02. The number of hydrogen-bond acceptors (Lipinski definition) is 6. The third-order valence-electron chi connectivity index (χ3n) is 5.04. The van der Waals surface area contributed by atoms with Crippen LogP contribution in [-0.4, -0.2) is 38.3 Å². The summed E-state index contributed by atoms with van der Waals surface area (Å²) in [6, 6.07) is 0. The molecule has 0 aromatic carbocycles. The Kier molecular flexibility index (Phi) is 8.46. The lowest BCUT2D eigenvalue weighted by Gasteiger charge is -2.22. The van der Waals surface area contributed by atoms with Gasteiger partial charge in [-0.05, 0) is 51.9 Å². The van der Waals surface area contributed by atoms with Gasteiger partial charge in [-0.1, -0.05) is 29.5 Å². The first kappa shape index (κ1) is 22.8. The molecule has 1 heterocycles. The predicted octanol–water partition coefficient (Wildman–Crippen LogP) is 4.97. The fraction of sp³-hybridized carbons (Fsp3) is 0.571.